The molecule has 2 atom stereocenters. The number of rotatable bonds is 10. The zero-order valence-corrected chi connectivity index (χ0v) is 23.9. The summed E-state index contributed by atoms with van der Waals surface area (Å²) in [6.45, 7) is 11.7. The minimum absolute atomic E-state index is 0.00906. The second-order valence-corrected chi connectivity index (χ2v) is 12.1. The summed E-state index contributed by atoms with van der Waals surface area (Å²) in [5.41, 5.74) is 2.86. The van der Waals surface area contributed by atoms with Gasteiger partial charge in [-0.05, 0) is 47.5 Å². The Kier molecular flexibility index (Phi) is 9.12. The molecule has 2 aromatic carbocycles. The molecule has 39 heavy (non-hydrogen) atoms. The molecule has 1 saturated heterocycles. The van der Waals surface area contributed by atoms with Crippen LogP contribution in [0.2, 0.25) is 0 Å². The SMILES string of the molecule is CC(C)CN1C(=O)c2ccccc2[C@@H](C(=O)NCCCN2CCN(Cc3ccccc3)CC2)[C@H]1c1cccs1. The zero-order valence-electron chi connectivity index (χ0n) is 23.1. The van der Waals surface area contributed by atoms with E-state index in [4.69, 9.17) is 0 Å². The van der Waals surface area contributed by atoms with Crippen molar-refractivity contribution >= 4 is 23.2 Å². The summed E-state index contributed by atoms with van der Waals surface area (Å²) in [7, 11) is 0. The largest absolute Gasteiger partial charge is 0.355 e. The number of carbonyl (C=O) groups is 2. The van der Waals surface area contributed by atoms with Crippen LogP contribution in [0.5, 0.6) is 0 Å². The van der Waals surface area contributed by atoms with Gasteiger partial charge in [0.25, 0.3) is 5.91 Å². The number of carbonyl (C=O) groups excluding carboxylic acids is 2. The third kappa shape index (κ3) is 6.60. The first kappa shape index (κ1) is 27.6. The Morgan fingerprint density at radius 2 is 1.67 bits per heavy atom. The van der Waals surface area contributed by atoms with Gasteiger partial charge < -0.3 is 15.1 Å². The highest BCUT2D eigenvalue weighted by molar-refractivity contribution is 7.10. The van der Waals surface area contributed by atoms with Crippen LogP contribution in [0.3, 0.4) is 0 Å². The molecule has 1 fully saturated rings. The van der Waals surface area contributed by atoms with Gasteiger partial charge in [-0.3, -0.25) is 14.5 Å². The second-order valence-electron chi connectivity index (χ2n) is 11.1. The molecular weight excluding hydrogens is 504 g/mol. The van der Waals surface area contributed by atoms with Gasteiger partial charge in [-0.15, -0.1) is 11.3 Å². The summed E-state index contributed by atoms with van der Waals surface area (Å²) in [6.07, 6.45) is 0.914. The maximum atomic E-state index is 13.8. The number of nitrogens with zero attached hydrogens (tertiary/aromatic N) is 3. The first-order valence-electron chi connectivity index (χ1n) is 14.2. The molecule has 5 rings (SSSR count). The minimum Gasteiger partial charge on any atom is -0.355 e. The standard InChI is InChI=1S/C32H40N4O2S/c1-24(2)22-36-30(28-14-8-21-39-28)29(26-12-6-7-13-27(26)32(36)38)31(37)33-15-9-16-34-17-19-35(20-18-34)23-25-10-4-3-5-11-25/h3-8,10-14,21,24,29-30H,9,15-20,22-23H2,1-2H3,(H,33,37)/t29-,30-/m1/s1. The van der Waals surface area contributed by atoms with Crippen LogP contribution in [0.15, 0.2) is 72.1 Å². The highest BCUT2D eigenvalue weighted by Crippen LogP contribution is 2.44. The summed E-state index contributed by atoms with van der Waals surface area (Å²) >= 11 is 1.62. The van der Waals surface area contributed by atoms with E-state index in [2.05, 4.69) is 65.4 Å². The Morgan fingerprint density at radius 1 is 0.949 bits per heavy atom. The van der Waals surface area contributed by atoms with Crippen LogP contribution in [0.1, 0.15) is 58.6 Å². The van der Waals surface area contributed by atoms with Crippen LogP contribution in [0.25, 0.3) is 0 Å². The first-order valence-corrected chi connectivity index (χ1v) is 15.1. The molecule has 0 saturated carbocycles. The number of nitrogens with one attached hydrogen (secondary N) is 1. The molecule has 0 bridgehead atoms. The van der Waals surface area contributed by atoms with Gasteiger partial charge in [0, 0.05) is 56.3 Å². The summed E-state index contributed by atoms with van der Waals surface area (Å²) in [6, 6.07) is 22.1. The smallest absolute Gasteiger partial charge is 0.254 e. The van der Waals surface area contributed by atoms with Gasteiger partial charge in [0.2, 0.25) is 5.91 Å². The van der Waals surface area contributed by atoms with Crippen molar-refractivity contribution in [3.05, 3.63) is 93.7 Å². The number of hydrogen-bond donors (Lipinski definition) is 1. The van der Waals surface area contributed by atoms with Crippen LogP contribution in [-0.2, 0) is 11.3 Å². The Morgan fingerprint density at radius 3 is 2.38 bits per heavy atom. The third-order valence-electron chi connectivity index (χ3n) is 7.78. The topological polar surface area (TPSA) is 55.9 Å². The molecule has 7 heteroatoms. The fraction of sp³-hybridized carbons (Fsp3) is 0.438. The predicted octanol–water partition coefficient (Wildman–Crippen LogP) is 5.01. The van der Waals surface area contributed by atoms with E-state index in [1.165, 1.54) is 5.56 Å². The second kappa shape index (κ2) is 12.9. The summed E-state index contributed by atoms with van der Waals surface area (Å²) in [5.74, 6) is -0.0840. The lowest BCUT2D eigenvalue weighted by atomic mass is 9.81. The van der Waals surface area contributed by atoms with Crippen molar-refractivity contribution in [1.29, 1.82) is 0 Å². The summed E-state index contributed by atoms with van der Waals surface area (Å²) in [5, 5.41) is 5.28. The lowest BCUT2D eigenvalue weighted by molar-refractivity contribution is -0.124. The van der Waals surface area contributed by atoms with Crippen molar-refractivity contribution in [2.45, 2.75) is 38.8 Å². The van der Waals surface area contributed by atoms with E-state index in [0.717, 1.165) is 56.1 Å². The molecular formula is C32H40N4O2S. The van der Waals surface area contributed by atoms with Crippen LogP contribution in [0.4, 0.5) is 0 Å². The fourth-order valence-corrected chi connectivity index (χ4v) is 6.76. The molecule has 1 N–H and O–H groups in total. The maximum Gasteiger partial charge on any atom is 0.254 e. The monoisotopic (exact) mass is 544 g/mol. The molecule has 3 aromatic rings. The number of fused-ring (bicyclic) bond motifs is 1. The van der Waals surface area contributed by atoms with Gasteiger partial charge in [-0.1, -0.05) is 68.4 Å². The minimum atomic E-state index is -0.419. The van der Waals surface area contributed by atoms with Crippen molar-refractivity contribution in [1.82, 2.24) is 20.0 Å². The van der Waals surface area contributed by atoms with E-state index in [9.17, 15) is 9.59 Å². The third-order valence-corrected chi connectivity index (χ3v) is 8.72. The normalized spacial score (nSPS) is 20.3. The fourth-order valence-electron chi connectivity index (χ4n) is 5.88. The lowest BCUT2D eigenvalue weighted by Crippen LogP contribution is -2.49. The van der Waals surface area contributed by atoms with E-state index in [0.29, 0.717) is 24.6 Å². The van der Waals surface area contributed by atoms with Gasteiger partial charge in [0.15, 0.2) is 0 Å². The summed E-state index contributed by atoms with van der Waals surface area (Å²) in [4.78, 5) is 35.4. The Labute approximate surface area is 236 Å². The molecule has 6 nitrogen and oxygen atoms in total. The van der Waals surface area contributed by atoms with Crippen molar-refractivity contribution in [3.8, 4) is 0 Å². The van der Waals surface area contributed by atoms with Crippen LogP contribution < -0.4 is 5.32 Å². The van der Waals surface area contributed by atoms with Crippen molar-refractivity contribution in [2.24, 2.45) is 5.92 Å². The van der Waals surface area contributed by atoms with E-state index >= 15 is 0 Å². The van der Waals surface area contributed by atoms with Crippen LogP contribution >= 0.6 is 11.3 Å². The van der Waals surface area contributed by atoms with Crippen molar-refractivity contribution < 1.29 is 9.59 Å². The number of hydrogen-bond acceptors (Lipinski definition) is 5. The highest BCUT2D eigenvalue weighted by Gasteiger charge is 2.44. The molecule has 206 valence electrons. The highest BCUT2D eigenvalue weighted by atomic mass is 32.1. The molecule has 0 aliphatic carbocycles. The molecule has 2 aliphatic heterocycles. The van der Waals surface area contributed by atoms with Gasteiger partial charge in [-0.2, -0.15) is 0 Å². The first-order chi connectivity index (χ1) is 19.0. The molecule has 2 amide bonds. The maximum absolute atomic E-state index is 13.8. The Bertz CT molecular complexity index is 1220. The number of thiophene rings is 1. The average molecular weight is 545 g/mol. The van der Waals surface area contributed by atoms with Gasteiger partial charge in [0.05, 0.1) is 12.0 Å². The van der Waals surface area contributed by atoms with E-state index in [1.807, 2.05) is 40.6 Å². The van der Waals surface area contributed by atoms with Crippen molar-refractivity contribution in [3.63, 3.8) is 0 Å². The predicted molar refractivity (Wildman–Crippen MR) is 158 cm³/mol. The van der Waals surface area contributed by atoms with E-state index in [-0.39, 0.29) is 17.9 Å². The Balaban J connectivity index is 1.19. The molecule has 0 spiro atoms. The lowest BCUT2D eigenvalue weighted by Gasteiger charge is -2.42. The summed E-state index contributed by atoms with van der Waals surface area (Å²) < 4.78 is 0. The van der Waals surface area contributed by atoms with Crippen LogP contribution in [-0.4, -0.2) is 72.3 Å². The van der Waals surface area contributed by atoms with Gasteiger partial charge >= 0.3 is 0 Å². The van der Waals surface area contributed by atoms with E-state index in [1.54, 1.807) is 11.3 Å². The van der Waals surface area contributed by atoms with E-state index < -0.39 is 5.92 Å². The van der Waals surface area contributed by atoms with Crippen LogP contribution in [0, 0.1) is 5.92 Å². The molecule has 3 heterocycles. The quantitative estimate of drug-likeness (QED) is 0.365. The van der Waals surface area contributed by atoms with Gasteiger partial charge in [0.1, 0.15) is 0 Å². The molecule has 1 aromatic heterocycles. The zero-order chi connectivity index (χ0) is 27.2. The number of amides is 2. The molecule has 0 unspecified atom stereocenters. The van der Waals surface area contributed by atoms with Crippen molar-refractivity contribution in [2.75, 3.05) is 45.8 Å². The molecule has 2 aliphatic rings. The number of benzene rings is 2. The molecule has 0 radical (unpaired) electrons. The van der Waals surface area contributed by atoms with Gasteiger partial charge in [-0.25, -0.2) is 0 Å². The number of piperazine rings is 1. The Hall–Kier alpha value is -3.00. The average Bonchev–Trinajstić information content (AvgIpc) is 3.48.